The Kier molecular flexibility index (Phi) is 6.44. The van der Waals surface area contributed by atoms with Crippen LogP contribution >= 0.6 is 0 Å². The lowest BCUT2D eigenvalue weighted by Gasteiger charge is -2.17. The highest BCUT2D eigenvalue weighted by molar-refractivity contribution is 5.77. The summed E-state index contributed by atoms with van der Waals surface area (Å²) in [6.07, 6.45) is 2.04. The molecule has 0 saturated heterocycles. The summed E-state index contributed by atoms with van der Waals surface area (Å²) < 4.78 is 0. The van der Waals surface area contributed by atoms with Crippen LogP contribution in [-0.4, -0.2) is 19.0 Å². The molecule has 0 aromatic heterocycles. The zero-order chi connectivity index (χ0) is 13.4. The van der Waals surface area contributed by atoms with Gasteiger partial charge in [-0.25, -0.2) is 0 Å². The zero-order valence-corrected chi connectivity index (χ0v) is 11.6. The number of hydrogen-bond donors (Lipinski definition) is 2. The van der Waals surface area contributed by atoms with E-state index in [1.54, 1.807) is 0 Å². The van der Waals surface area contributed by atoms with Crippen LogP contribution in [0.15, 0.2) is 24.3 Å². The molecule has 0 radical (unpaired) electrons. The van der Waals surface area contributed by atoms with Crippen molar-refractivity contribution in [3.63, 3.8) is 0 Å². The Morgan fingerprint density at radius 3 is 2.33 bits per heavy atom. The largest absolute Gasteiger partial charge is 0.355 e. The van der Waals surface area contributed by atoms with Crippen molar-refractivity contribution < 1.29 is 4.79 Å². The van der Waals surface area contributed by atoms with Gasteiger partial charge in [-0.3, -0.25) is 4.79 Å². The molecule has 100 valence electrons. The Labute approximate surface area is 110 Å². The Hall–Kier alpha value is -1.35. The van der Waals surface area contributed by atoms with E-state index in [1.807, 2.05) is 6.92 Å². The summed E-state index contributed by atoms with van der Waals surface area (Å²) >= 11 is 0. The summed E-state index contributed by atoms with van der Waals surface area (Å²) in [5.74, 6) is 0.0566. The fourth-order valence-corrected chi connectivity index (χ4v) is 1.96. The topological polar surface area (TPSA) is 41.1 Å². The predicted molar refractivity (Wildman–Crippen MR) is 75.5 cm³/mol. The summed E-state index contributed by atoms with van der Waals surface area (Å²) in [6, 6.07) is 8.87. The molecule has 1 rings (SSSR count). The average Bonchev–Trinajstić information content (AvgIpc) is 2.40. The minimum atomic E-state index is 0.0566. The van der Waals surface area contributed by atoms with E-state index in [1.165, 1.54) is 11.1 Å². The first-order valence-electron chi connectivity index (χ1n) is 6.80. The van der Waals surface area contributed by atoms with Crippen LogP contribution in [-0.2, 0) is 11.2 Å². The van der Waals surface area contributed by atoms with Gasteiger partial charge >= 0.3 is 0 Å². The van der Waals surface area contributed by atoms with Crippen molar-refractivity contribution in [1.29, 1.82) is 0 Å². The lowest BCUT2D eigenvalue weighted by Crippen LogP contribution is -2.35. The van der Waals surface area contributed by atoms with Gasteiger partial charge in [-0.1, -0.05) is 38.1 Å². The van der Waals surface area contributed by atoms with Gasteiger partial charge in [0.25, 0.3) is 0 Å². The smallest absolute Gasteiger partial charge is 0.233 e. The van der Waals surface area contributed by atoms with Gasteiger partial charge < -0.3 is 10.6 Å². The quantitative estimate of drug-likeness (QED) is 0.778. The van der Waals surface area contributed by atoms with E-state index in [0.29, 0.717) is 13.1 Å². The first-order chi connectivity index (χ1) is 8.71. The number of hydrogen-bond acceptors (Lipinski definition) is 2. The standard InChI is InChI=1S/C15H24N2O/c1-4-12-7-9-13(10-8-12)14(5-2)17-11-15(18)16-6-3/h7-10,14,17H,4-6,11H2,1-3H3,(H,16,18). The summed E-state index contributed by atoms with van der Waals surface area (Å²) in [5, 5.41) is 6.09. The van der Waals surface area contributed by atoms with Gasteiger partial charge in [0.05, 0.1) is 6.54 Å². The second-order valence-corrected chi connectivity index (χ2v) is 4.39. The van der Waals surface area contributed by atoms with E-state index in [-0.39, 0.29) is 11.9 Å². The first-order valence-corrected chi connectivity index (χ1v) is 6.80. The Morgan fingerprint density at radius 1 is 1.17 bits per heavy atom. The third-order valence-corrected chi connectivity index (χ3v) is 3.08. The molecule has 0 bridgehead atoms. The van der Waals surface area contributed by atoms with Crippen molar-refractivity contribution >= 4 is 5.91 Å². The lowest BCUT2D eigenvalue weighted by atomic mass is 10.0. The molecule has 1 amide bonds. The minimum absolute atomic E-state index is 0.0566. The number of nitrogens with one attached hydrogen (secondary N) is 2. The molecule has 1 unspecified atom stereocenters. The van der Waals surface area contributed by atoms with Crippen molar-refractivity contribution in [2.75, 3.05) is 13.1 Å². The van der Waals surface area contributed by atoms with Gasteiger partial charge in [0.2, 0.25) is 5.91 Å². The number of benzene rings is 1. The van der Waals surface area contributed by atoms with E-state index in [2.05, 4.69) is 48.7 Å². The highest BCUT2D eigenvalue weighted by atomic mass is 16.1. The molecule has 0 saturated carbocycles. The number of likely N-dealkylation sites (N-methyl/N-ethyl adjacent to an activating group) is 1. The second-order valence-electron chi connectivity index (χ2n) is 4.39. The van der Waals surface area contributed by atoms with Gasteiger partial charge in [-0.05, 0) is 30.9 Å². The van der Waals surface area contributed by atoms with E-state index in [9.17, 15) is 4.79 Å². The van der Waals surface area contributed by atoms with E-state index >= 15 is 0 Å². The number of carbonyl (C=O) groups excluding carboxylic acids is 1. The van der Waals surface area contributed by atoms with E-state index in [0.717, 1.165) is 12.8 Å². The van der Waals surface area contributed by atoms with Gasteiger partial charge in [0, 0.05) is 12.6 Å². The molecule has 2 N–H and O–H groups in total. The van der Waals surface area contributed by atoms with Gasteiger partial charge in [0.1, 0.15) is 0 Å². The Balaban J connectivity index is 2.56. The van der Waals surface area contributed by atoms with Gasteiger partial charge in [-0.2, -0.15) is 0 Å². The van der Waals surface area contributed by atoms with Crippen molar-refractivity contribution in [2.45, 2.75) is 39.7 Å². The van der Waals surface area contributed by atoms with Crippen LogP contribution < -0.4 is 10.6 Å². The van der Waals surface area contributed by atoms with Gasteiger partial charge in [0.15, 0.2) is 0 Å². The van der Waals surface area contributed by atoms with Crippen LogP contribution in [0.25, 0.3) is 0 Å². The number of amides is 1. The Morgan fingerprint density at radius 2 is 1.83 bits per heavy atom. The monoisotopic (exact) mass is 248 g/mol. The summed E-state index contributed by atoms with van der Waals surface area (Å²) in [6.45, 7) is 7.27. The first kappa shape index (κ1) is 14.7. The van der Waals surface area contributed by atoms with Crippen LogP contribution in [0.1, 0.15) is 44.4 Å². The van der Waals surface area contributed by atoms with Crippen LogP contribution in [0.2, 0.25) is 0 Å². The lowest BCUT2D eigenvalue weighted by molar-refractivity contribution is -0.120. The molecule has 1 atom stereocenters. The molecule has 1 aromatic carbocycles. The SMILES string of the molecule is CCNC(=O)CNC(CC)c1ccc(CC)cc1. The molecule has 18 heavy (non-hydrogen) atoms. The Bertz CT molecular complexity index is 359. The predicted octanol–water partition coefficient (Wildman–Crippen LogP) is 2.43. The van der Waals surface area contributed by atoms with Crippen LogP contribution in [0.4, 0.5) is 0 Å². The van der Waals surface area contributed by atoms with Gasteiger partial charge in [-0.15, -0.1) is 0 Å². The molecule has 0 aliphatic rings. The van der Waals surface area contributed by atoms with E-state index < -0.39 is 0 Å². The maximum Gasteiger partial charge on any atom is 0.233 e. The summed E-state index contributed by atoms with van der Waals surface area (Å²) in [7, 11) is 0. The molecule has 0 fully saturated rings. The summed E-state index contributed by atoms with van der Waals surface area (Å²) in [4.78, 5) is 11.4. The maximum atomic E-state index is 11.4. The maximum absolute atomic E-state index is 11.4. The molecular weight excluding hydrogens is 224 g/mol. The van der Waals surface area contributed by atoms with E-state index in [4.69, 9.17) is 0 Å². The fraction of sp³-hybridized carbons (Fsp3) is 0.533. The van der Waals surface area contributed by atoms with Crippen LogP contribution in [0.3, 0.4) is 0 Å². The highest BCUT2D eigenvalue weighted by Crippen LogP contribution is 2.17. The zero-order valence-electron chi connectivity index (χ0n) is 11.6. The molecule has 1 aromatic rings. The fourth-order valence-electron chi connectivity index (χ4n) is 1.96. The molecule has 3 nitrogen and oxygen atoms in total. The molecule has 3 heteroatoms. The van der Waals surface area contributed by atoms with Crippen molar-refractivity contribution in [1.82, 2.24) is 10.6 Å². The molecular formula is C15H24N2O. The average molecular weight is 248 g/mol. The molecule has 0 aliphatic heterocycles. The third-order valence-electron chi connectivity index (χ3n) is 3.08. The number of aryl methyl sites for hydroxylation is 1. The minimum Gasteiger partial charge on any atom is -0.355 e. The van der Waals surface area contributed by atoms with Crippen LogP contribution in [0, 0.1) is 0 Å². The highest BCUT2D eigenvalue weighted by Gasteiger charge is 2.10. The van der Waals surface area contributed by atoms with Crippen molar-refractivity contribution in [2.24, 2.45) is 0 Å². The molecule has 0 aliphatic carbocycles. The normalized spacial score (nSPS) is 12.2. The summed E-state index contributed by atoms with van der Waals surface area (Å²) in [5.41, 5.74) is 2.59. The third kappa shape index (κ3) is 4.49. The van der Waals surface area contributed by atoms with Crippen molar-refractivity contribution in [3.8, 4) is 0 Å². The van der Waals surface area contributed by atoms with Crippen LogP contribution in [0.5, 0.6) is 0 Å². The number of rotatable bonds is 7. The van der Waals surface area contributed by atoms with Crippen molar-refractivity contribution in [3.05, 3.63) is 35.4 Å². The molecule has 0 spiro atoms. The molecule has 0 heterocycles. The second kappa shape index (κ2) is 7.88. The number of carbonyl (C=O) groups is 1.